The first kappa shape index (κ1) is 14.8. The number of nitrogens with two attached hydrogens (primary N) is 1. The minimum Gasteiger partial charge on any atom is -0.328 e. The van der Waals surface area contributed by atoms with Crippen molar-refractivity contribution in [2.24, 2.45) is 17.1 Å². The van der Waals surface area contributed by atoms with Crippen LogP contribution in [0.1, 0.15) is 52.9 Å². The van der Waals surface area contributed by atoms with E-state index in [0.717, 1.165) is 0 Å². The van der Waals surface area contributed by atoms with Gasteiger partial charge in [-0.05, 0) is 30.6 Å². The van der Waals surface area contributed by atoms with Crippen molar-refractivity contribution in [1.82, 2.24) is 0 Å². The van der Waals surface area contributed by atoms with Crippen LogP contribution >= 0.6 is 0 Å². The molecule has 1 saturated carbocycles. The molecule has 0 radical (unpaired) electrons. The Bertz CT molecular complexity index is 260. The Balaban J connectivity index is 2.69. The maximum Gasteiger partial charge on any atom is 0.248 e. The summed E-state index contributed by atoms with van der Waals surface area (Å²) in [5, 5.41) is 0. The van der Waals surface area contributed by atoms with E-state index in [0.29, 0.717) is 12.8 Å². The van der Waals surface area contributed by atoms with Crippen molar-refractivity contribution in [2.75, 3.05) is 6.54 Å². The molecule has 2 N–H and O–H groups in total. The molecule has 2 atom stereocenters. The van der Waals surface area contributed by atoms with Crippen molar-refractivity contribution in [1.29, 1.82) is 0 Å². The zero-order chi connectivity index (χ0) is 13.3. The molecule has 1 rings (SSSR count). The molecule has 0 heterocycles. The largest absolute Gasteiger partial charge is 0.328 e. The third-order valence-corrected chi connectivity index (χ3v) is 4.02. The number of alkyl halides is 3. The number of rotatable bonds is 3. The summed E-state index contributed by atoms with van der Waals surface area (Å²) in [6.45, 7) is 5.24. The first-order valence-corrected chi connectivity index (χ1v) is 6.36. The third kappa shape index (κ3) is 3.60. The normalized spacial score (nSPS) is 28.8. The van der Waals surface area contributed by atoms with Crippen LogP contribution in [0.5, 0.6) is 0 Å². The SMILES string of the molecule is CC(C)(C)C(F)(CN)CC1CCCC(F)(F)C1. The summed E-state index contributed by atoms with van der Waals surface area (Å²) in [5.41, 5.74) is 3.36. The van der Waals surface area contributed by atoms with Crippen molar-refractivity contribution >= 4 is 0 Å². The summed E-state index contributed by atoms with van der Waals surface area (Å²) in [5.74, 6) is -2.86. The quantitative estimate of drug-likeness (QED) is 0.808. The highest BCUT2D eigenvalue weighted by molar-refractivity contribution is 4.95. The van der Waals surface area contributed by atoms with Crippen LogP contribution in [0.15, 0.2) is 0 Å². The van der Waals surface area contributed by atoms with Crippen LogP contribution in [-0.4, -0.2) is 18.1 Å². The zero-order valence-corrected chi connectivity index (χ0v) is 11.0. The summed E-state index contributed by atoms with van der Waals surface area (Å²) in [4.78, 5) is 0. The van der Waals surface area contributed by atoms with E-state index < -0.39 is 17.0 Å². The van der Waals surface area contributed by atoms with Crippen LogP contribution in [0.4, 0.5) is 13.2 Å². The second-order valence-electron chi connectivity index (χ2n) is 6.44. The molecule has 0 bridgehead atoms. The molecule has 1 fully saturated rings. The van der Waals surface area contributed by atoms with E-state index >= 15 is 0 Å². The van der Waals surface area contributed by atoms with Crippen LogP contribution in [0.3, 0.4) is 0 Å². The molecular weight excluding hydrogens is 227 g/mol. The zero-order valence-electron chi connectivity index (χ0n) is 11.0. The van der Waals surface area contributed by atoms with Gasteiger partial charge in [0, 0.05) is 19.4 Å². The lowest BCUT2D eigenvalue weighted by Gasteiger charge is -2.41. The Hall–Kier alpha value is -0.250. The molecule has 0 saturated heterocycles. The van der Waals surface area contributed by atoms with E-state index in [1.54, 1.807) is 20.8 Å². The highest BCUT2D eigenvalue weighted by atomic mass is 19.3. The van der Waals surface area contributed by atoms with Gasteiger partial charge in [-0.25, -0.2) is 13.2 Å². The number of hydrogen-bond donors (Lipinski definition) is 1. The lowest BCUT2D eigenvalue weighted by atomic mass is 9.70. The molecule has 0 aliphatic heterocycles. The molecule has 0 amide bonds. The fourth-order valence-corrected chi connectivity index (χ4v) is 2.60. The molecule has 0 aromatic rings. The second-order valence-corrected chi connectivity index (χ2v) is 6.44. The fourth-order valence-electron chi connectivity index (χ4n) is 2.60. The fraction of sp³-hybridized carbons (Fsp3) is 1.00. The molecule has 1 aliphatic carbocycles. The minimum absolute atomic E-state index is 0.0546. The molecule has 4 heteroatoms. The minimum atomic E-state index is -2.61. The van der Waals surface area contributed by atoms with Gasteiger partial charge >= 0.3 is 0 Å². The smallest absolute Gasteiger partial charge is 0.248 e. The van der Waals surface area contributed by atoms with E-state index in [-0.39, 0.29) is 31.7 Å². The third-order valence-electron chi connectivity index (χ3n) is 4.02. The first-order chi connectivity index (χ1) is 7.60. The number of halogens is 3. The summed E-state index contributed by atoms with van der Waals surface area (Å²) < 4.78 is 41.2. The second kappa shape index (κ2) is 4.79. The van der Waals surface area contributed by atoms with Crippen molar-refractivity contribution in [3.63, 3.8) is 0 Å². The summed E-state index contributed by atoms with van der Waals surface area (Å²) in [6, 6.07) is 0. The number of hydrogen-bond acceptors (Lipinski definition) is 1. The van der Waals surface area contributed by atoms with Gasteiger partial charge in [0.1, 0.15) is 5.67 Å². The van der Waals surface area contributed by atoms with Crippen LogP contribution in [0.2, 0.25) is 0 Å². The van der Waals surface area contributed by atoms with Gasteiger partial charge in [-0.2, -0.15) is 0 Å². The summed E-state index contributed by atoms with van der Waals surface area (Å²) in [6.07, 6.45) is 1.10. The Labute approximate surface area is 102 Å². The van der Waals surface area contributed by atoms with Gasteiger partial charge in [0.2, 0.25) is 5.92 Å². The summed E-state index contributed by atoms with van der Waals surface area (Å²) >= 11 is 0. The van der Waals surface area contributed by atoms with Crippen LogP contribution < -0.4 is 5.73 Å². The molecule has 0 spiro atoms. The molecule has 0 aromatic carbocycles. The van der Waals surface area contributed by atoms with Gasteiger partial charge in [-0.3, -0.25) is 0 Å². The Morgan fingerprint density at radius 1 is 1.29 bits per heavy atom. The molecule has 0 aromatic heterocycles. The van der Waals surface area contributed by atoms with Crippen LogP contribution in [0, 0.1) is 11.3 Å². The Morgan fingerprint density at radius 3 is 2.29 bits per heavy atom. The van der Waals surface area contributed by atoms with E-state index in [9.17, 15) is 13.2 Å². The van der Waals surface area contributed by atoms with E-state index in [1.165, 1.54) is 0 Å². The van der Waals surface area contributed by atoms with E-state index in [1.807, 2.05) is 0 Å². The van der Waals surface area contributed by atoms with Gasteiger partial charge in [-0.1, -0.05) is 20.8 Å². The van der Waals surface area contributed by atoms with Crippen LogP contribution in [0.25, 0.3) is 0 Å². The summed E-state index contributed by atoms with van der Waals surface area (Å²) in [7, 11) is 0. The lowest BCUT2D eigenvalue weighted by molar-refractivity contribution is -0.0714. The molecular formula is C13H24F3N. The van der Waals surface area contributed by atoms with Gasteiger partial charge in [0.05, 0.1) is 0 Å². The standard InChI is InChI=1S/C13H24F3N/c1-11(2,3)12(14,9-17)7-10-5-4-6-13(15,16)8-10/h10H,4-9,17H2,1-3H3. The Kier molecular flexibility index (Phi) is 4.17. The van der Waals surface area contributed by atoms with E-state index in [2.05, 4.69) is 0 Å². The lowest BCUT2D eigenvalue weighted by Crippen LogP contribution is -2.47. The van der Waals surface area contributed by atoms with Gasteiger partial charge in [0.15, 0.2) is 0 Å². The first-order valence-electron chi connectivity index (χ1n) is 6.36. The van der Waals surface area contributed by atoms with Crippen molar-refractivity contribution in [3.05, 3.63) is 0 Å². The average molecular weight is 251 g/mol. The predicted molar refractivity (Wildman–Crippen MR) is 63.9 cm³/mol. The molecule has 1 nitrogen and oxygen atoms in total. The van der Waals surface area contributed by atoms with Gasteiger partial charge < -0.3 is 5.73 Å². The highest BCUT2D eigenvalue weighted by Crippen LogP contribution is 2.45. The van der Waals surface area contributed by atoms with Crippen molar-refractivity contribution in [2.45, 2.75) is 64.5 Å². The highest BCUT2D eigenvalue weighted by Gasteiger charge is 2.45. The monoisotopic (exact) mass is 251 g/mol. The topological polar surface area (TPSA) is 26.0 Å². The van der Waals surface area contributed by atoms with Crippen molar-refractivity contribution < 1.29 is 13.2 Å². The van der Waals surface area contributed by atoms with E-state index in [4.69, 9.17) is 5.73 Å². The van der Waals surface area contributed by atoms with Gasteiger partial charge in [0.25, 0.3) is 0 Å². The predicted octanol–water partition coefficient (Wildman–Crippen LogP) is 3.92. The molecule has 2 unspecified atom stereocenters. The molecule has 102 valence electrons. The molecule has 1 aliphatic rings. The average Bonchev–Trinajstić information content (AvgIpc) is 2.14. The Morgan fingerprint density at radius 2 is 1.88 bits per heavy atom. The molecule has 17 heavy (non-hydrogen) atoms. The van der Waals surface area contributed by atoms with Crippen molar-refractivity contribution in [3.8, 4) is 0 Å². The maximum absolute atomic E-state index is 14.7. The van der Waals surface area contributed by atoms with Crippen LogP contribution in [-0.2, 0) is 0 Å². The maximum atomic E-state index is 14.7. The van der Waals surface area contributed by atoms with Gasteiger partial charge in [-0.15, -0.1) is 0 Å².